The van der Waals surface area contributed by atoms with Crippen molar-refractivity contribution in [3.8, 4) is 5.69 Å². The van der Waals surface area contributed by atoms with Crippen LogP contribution >= 0.6 is 0 Å². The molecule has 4 aromatic rings. The van der Waals surface area contributed by atoms with Crippen LogP contribution in [0.3, 0.4) is 0 Å². The fraction of sp³-hybridized carbons (Fsp3) is 0.400. The number of aliphatic carboxylic acids is 1. The Hall–Kier alpha value is -3.33. The Bertz CT molecular complexity index is 1410. The van der Waals surface area contributed by atoms with Crippen molar-refractivity contribution in [2.75, 3.05) is 13.7 Å². The van der Waals surface area contributed by atoms with Crippen molar-refractivity contribution in [1.29, 1.82) is 0 Å². The van der Waals surface area contributed by atoms with Gasteiger partial charge in [0.05, 0.1) is 29.8 Å². The van der Waals surface area contributed by atoms with Gasteiger partial charge in [0.15, 0.2) is 17.3 Å². The summed E-state index contributed by atoms with van der Waals surface area (Å²) < 4.78 is 35.7. The Morgan fingerprint density at radius 3 is 2.74 bits per heavy atom. The van der Waals surface area contributed by atoms with Gasteiger partial charge in [0, 0.05) is 40.9 Å². The number of aromatic amines is 1. The molecule has 1 unspecified atom stereocenters. The molecule has 0 aliphatic heterocycles. The number of carbonyl (C=O) groups is 1. The van der Waals surface area contributed by atoms with E-state index in [-0.39, 0.29) is 5.92 Å². The summed E-state index contributed by atoms with van der Waals surface area (Å²) in [6.07, 6.45) is 3.44. The lowest BCUT2D eigenvalue weighted by Gasteiger charge is -2.29. The summed E-state index contributed by atoms with van der Waals surface area (Å²) in [6, 6.07) is 5.77. The van der Waals surface area contributed by atoms with Crippen LogP contribution in [-0.4, -0.2) is 44.5 Å². The summed E-state index contributed by atoms with van der Waals surface area (Å²) >= 11 is 0. The molecule has 1 fully saturated rings. The highest BCUT2D eigenvalue weighted by molar-refractivity contribution is 5.94. The van der Waals surface area contributed by atoms with Gasteiger partial charge in [0.1, 0.15) is 0 Å². The smallest absolute Gasteiger partial charge is 0.306 e. The molecule has 0 bridgehead atoms. The van der Waals surface area contributed by atoms with Crippen molar-refractivity contribution in [1.82, 2.24) is 19.7 Å². The number of halogens is 2. The van der Waals surface area contributed by atoms with E-state index < -0.39 is 28.9 Å². The van der Waals surface area contributed by atoms with E-state index in [9.17, 15) is 18.7 Å². The van der Waals surface area contributed by atoms with Crippen LogP contribution in [0.2, 0.25) is 0 Å². The molecule has 1 aliphatic rings. The average molecular weight is 469 g/mol. The highest BCUT2D eigenvalue weighted by atomic mass is 19.2. The largest absolute Gasteiger partial charge is 0.481 e. The number of rotatable bonds is 6. The zero-order valence-electron chi connectivity index (χ0n) is 19.2. The molecule has 2 N–H and O–H groups in total. The third-order valence-corrected chi connectivity index (χ3v) is 6.88. The van der Waals surface area contributed by atoms with Gasteiger partial charge in [0.25, 0.3) is 0 Å². The quantitative estimate of drug-likeness (QED) is 0.412. The van der Waals surface area contributed by atoms with Crippen LogP contribution in [-0.2, 0) is 14.9 Å². The molecular formula is C25H26F2N4O3. The molecule has 0 radical (unpaired) electrons. The van der Waals surface area contributed by atoms with Gasteiger partial charge in [-0.3, -0.25) is 9.89 Å². The maximum Gasteiger partial charge on any atom is 0.306 e. The maximum atomic E-state index is 14.4. The molecule has 0 saturated heterocycles. The van der Waals surface area contributed by atoms with Crippen LogP contribution in [0.5, 0.6) is 0 Å². The number of carboxylic acids is 1. The lowest BCUT2D eigenvalue weighted by Crippen LogP contribution is -2.28. The first-order chi connectivity index (χ1) is 16.2. The monoisotopic (exact) mass is 468 g/mol. The molecule has 34 heavy (non-hydrogen) atoms. The normalized spacial score (nSPS) is 18.9. The van der Waals surface area contributed by atoms with Crippen molar-refractivity contribution < 1.29 is 23.4 Å². The molecule has 0 spiro atoms. The molecule has 178 valence electrons. The molecule has 1 saturated carbocycles. The van der Waals surface area contributed by atoms with Gasteiger partial charge in [-0.1, -0.05) is 13.8 Å². The number of hydrogen-bond donors (Lipinski definition) is 2. The summed E-state index contributed by atoms with van der Waals surface area (Å²) in [7, 11) is 1.62. The Balaban J connectivity index is 1.88. The summed E-state index contributed by atoms with van der Waals surface area (Å²) in [4.78, 5) is 16.6. The number of carboxylic acid groups (broad SMARTS) is 1. The summed E-state index contributed by atoms with van der Waals surface area (Å²) in [5.41, 5.74) is 3.76. The first-order valence-corrected chi connectivity index (χ1v) is 11.3. The van der Waals surface area contributed by atoms with E-state index in [4.69, 9.17) is 9.72 Å². The average Bonchev–Trinajstić information content (AvgIpc) is 3.50. The third kappa shape index (κ3) is 3.55. The van der Waals surface area contributed by atoms with E-state index in [0.717, 1.165) is 28.2 Å². The van der Waals surface area contributed by atoms with Gasteiger partial charge in [-0.15, -0.1) is 0 Å². The number of methoxy groups -OCH3 is 1. The molecule has 1 aliphatic carbocycles. The first kappa shape index (κ1) is 22.5. The van der Waals surface area contributed by atoms with Crippen LogP contribution in [0, 0.1) is 17.6 Å². The number of ether oxygens (including phenoxy) is 1. The van der Waals surface area contributed by atoms with E-state index in [2.05, 4.69) is 10.2 Å². The number of H-pyrrole nitrogens is 1. The highest BCUT2D eigenvalue weighted by Crippen LogP contribution is 2.47. The Labute approximate surface area is 194 Å². The minimum atomic E-state index is -0.944. The van der Waals surface area contributed by atoms with Gasteiger partial charge in [-0.2, -0.15) is 5.10 Å². The van der Waals surface area contributed by atoms with E-state index in [1.807, 2.05) is 24.5 Å². The van der Waals surface area contributed by atoms with Crippen LogP contribution in [0.1, 0.15) is 50.3 Å². The number of nitrogens with zero attached hydrogens (tertiary/aromatic N) is 3. The lowest BCUT2D eigenvalue weighted by atomic mass is 9.82. The van der Waals surface area contributed by atoms with Crippen LogP contribution in [0.25, 0.3) is 27.8 Å². The number of aromatic nitrogens is 4. The van der Waals surface area contributed by atoms with Crippen molar-refractivity contribution in [3.63, 3.8) is 0 Å². The summed E-state index contributed by atoms with van der Waals surface area (Å²) in [6.45, 7) is 4.43. The van der Waals surface area contributed by atoms with Gasteiger partial charge >= 0.3 is 5.97 Å². The second kappa shape index (κ2) is 8.16. The van der Waals surface area contributed by atoms with Crippen LogP contribution in [0.4, 0.5) is 8.78 Å². The zero-order valence-corrected chi connectivity index (χ0v) is 19.2. The minimum absolute atomic E-state index is 0.0471. The molecule has 1 aromatic carbocycles. The predicted molar refractivity (Wildman–Crippen MR) is 123 cm³/mol. The maximum absolute atomic E-state index is 14.4. The third-order valence-electron chi connectivity index (χ3n) is 6.88. The molecule has 9 heteroatoms. The van der Waals surface area contributed by atoms with E-state index >= 15 is 0 Å². The number of fused-ring (bicyclic) bond motifs is 2. The van der Waals surface area contributed by atoms with E-state index in [0.29, 0.717) is 42.7 Å². The van der Waals surface area contributed by atoms with E-state index in [1.54, 1.807) is 19.4 Å². The van der Waals surface area contributed by atoms with Crippen molar-refractivity contribution in [2.45, 2.75) is 44.4 Å². The molecule has 3 aromatic heterocycles. The SMILES string of the molecule is COCC(C)(C)c1c([C@@H]2CCC(C(=O)O)C2)c2nc3[nH]ncc3cc2n1-c1ccc(F)c(F)c1. The summed E-state index contributed by atoms with van der Waals surface area (Å²) in [5.74, 6) is -3.14. The topological polar surface area (TPSA) is 93.0 Å². The minimum Gasteiger partial charge on any atom is -0.481 e. The van der Waals surface area contributed by atoms with Crippen LogP contribution < -0.4 is 0 Å². The second-order valence-electron chi connectivity index (χ2n) is 9.72. The van der Waals surface area contributed by atoms with Crippen molar-refractivity contribution >= 4 is 28.0 Å². The summed E-state index contributed by atoms with van der Waals surface area (Å²) in [5, 5.41) is 17.4. The predicted octanol–water partition coefficient (Wildman–Crippen LogP) is 5.07. The first-order valence-electron chi connectivity index (χ1n) is 11.3. The number of pyridine rings is 1. The van der Waals surface area contributed by atoms with Gasteiger partial charge < -0.3 is 14.4 Å². The fourth-order valence-corrected chi connectivity index (χ4v) is 5.43. The van der Waals surface area contributed by atoms with Gasteiger partial charge in [0.2, 0.25) is 0 Å². The van der Waals surface area contributed by atoms with Crippen LogP contribution in [0.15, 0.2) is 30.5 Å². The standard InChI is InChI=1S/C25H26F2N4O3/c1-25(2,12-34-3)22-20(13-4-5-14(8-13)24(32)33)21-19(9-15-11-28-30-23(15)29-21)31(22)16-6-7-17(26)18(27)10-16/h6-7,9-11,13-14H,4-5,8,12H2,1-3H3,(H,32,33)(H,28,29,30)/t13-,14?/m1/s1. The van der Waals surface area contributed by atoms with Gasteiger partial charge in [-0.25, -0.2) is 13.8 Å². The fourth-order valence-electron chi connectivity index (χ4n) is 5.43. The highest BCUT2D eigenvalue weighted by Gasteiger charge is 2.39. The molecule has 3 heterocycles. The van der Waals surface area contributed by atoms with Crippen molar-refractivity contribution in [2.24, 2.45) is 5.92 Å². The van der Waals surface area contributed by atoms with Gasteiger partial charge in [-0.05, 0) is 43.4 Å². The molecular weight excluding hydrogens is 442 g/mol. The number of hydrogen-bond acceptors (Lipinski definition) is 4. The molecule has 0 amide bonds. The number of nitrogens with one attached hydrogen (secondary N) is 1. The Kier molecular flexibility index (Phi) is 5.39. The van der Waals surface area contributed by atoms with Crippen molar-refractivity contribution in [3.05, 3.63) is 53.4 Å². The Morgan fingerprint density at radius 2 is 2.06 bits per heavy atom. The molecule has 2 atom stereocenters. The lowest BCUT2D eigenvalue weighted by molar-refractivity contribution is -0.141. The molecule has 5 rings (SSSR count). The second-order valence-corrected chi connectivity index (χ2v) is 9.72. The zero-order chi connectivity index (χ0) is 24.2. The molecule has 7 nitrogen and oxygen atoms in total. The number of benzene rings is 1. The van der Waals surface area contributed by atoms with E-state index in [1.165, 1.54) is 6.07 Å². The Morgan fingerprint density at radius 1 is 1.26 bits per heavy atom.